The van der Waals surface area contributed by atoms with Crippen LogP contribution >= 0.6 is 7.82 Å². The molecular formula is C18H23N2O9P. The van der Waals surface area contributed by atoms with Gasteiger partial charge in [0, 0.05) is 0 Å². The van der Waals surface area contributed by atoms with Crippen LogP contribution in [0.2, 0.25) is 0 Å². The van der Waals surface area contributed by atoms with Crippen LogP contribution in [-0.2, 0) is 27.0 Å². The number of aliphatic carboxylic acids is 2. The predicted octanol–water partition coefficient (Wildman–Crippen LogP) is 0.459. The smallest absolute Gasteiger partial charge is 0.508 e. The zero-order chi connectivity index (χ0) is 22.9. The third kappa shape index (κ3) is 10.0. The Bertz CT molecular complexity index is 882. The Morgan fingerprint density at radius 2 is 1.20 bits per heavy atom. The van der Waals surface area contributed by atoms with E-state index in [-0.39, 0.29) is 24.3 Å². The third-order valence-electron chi connectivity index (χ3n) is 3.63. The lowest BCUT2D eigenvalue weighted by Crippen LogP contribution is -2.32. The van der Waals surface area contributed by atoms with Crippen LogP contribution in [0.25, 0.3) is 0 Å². The SMILES string of the molecule is N[C@@H](Cc1ccc(O)cc1)C(=O)O.N[C@@H](Cc1ccc(OP(=O)(O)O)cc1)C(=O)O. The summed E-state index contributed by atoms with van der Waals surface area (Å²) in [6.45, 7) is 0. The van der Waals surface area contributed by atoms with E-state index in [4.69, 9.17) is 36.6 Å². The Morgan fingerprint density at radius 1 is 0.833 bits per heavy atom. The zero-order valence-electron chi connectivity index (χ0n) is 15.7. The lowest BCUT2D eigenvalue weighted by Gasteiger charge is -2.09. The van der Waals surface area contributed by atoms with Crippen LogP contribution in [-0.4, -0.2) is 49.1 Å². The second kappa shape index (κ2) is 11.3. The summed E-state index contributed by atoms with van der Waals surface area (Å²) < 4.78 is 14.9. The van der Waals surface area contributed by atoms with Gasteiger partial charge >= 0.3 is 19.8 Å². The van der Waals surface area contributed by atoms with Crippen LogP contribution in [0, 0.1) is 0 Å². The summed E-state index contributed by atoms with van der Waals surface area (Å²) in [4.78, 5) is 38.0. The quantitative estimate of drug-likeness (QED) is 0.279. The molecule has 0 aliphatic carbocycles. The van der Waals surface area contributed by atoms with Crippen LogP contribution < -0.4 is 16.0 Å². The maximum absolute atomic E-state index is 10.5. The van der Waals surface area contributed by atoms with E-state index in [1.807, 2.05) is 0 Å². The number of carbonyl (C=O) groups is 2. The minimum atomic E-state index is -4.56. The molecule has 2 aromatic carbocycles. The summed E-state index contributed by atoms with van der Waals surface area (Å²) in [5.74, 6) is -1.97. The number of phenolic OH excluding ortho intramolecular Hbond substituents is 1. The molecule has 0 bridgehead atoms. The number of rotatable bonds is 8. The van der Waals surface area contributed by atoms with Crippen molar-refractivity contribution in [1.82, 2.24) is 0 Å². The van der Waals surface area contributed by atoms with Gasteiger partial charge < -0.3 is 31.3 Å². The molecule has 11 nitrogen and oxygen atoms in total. The molecule has 164 valence electrons. The first-order chi connectivity index (χ1) is 13.9. The molecule has 0 aliphatic rings. The lowest BCUT2D eigenvalue weighted by molar-refractivity contribution is -0.139. The molecule has 0 spiro atoms. The highest BCUT2D eigenvalue weighted by atomic mass is 31.2. The Balaban J connectivity index is 0.000000311. The maximum Gasteiger partial charge on any atom is 0.524 e. The van der Waals surface area contributed by atoms with Crippen molar-refractivity contribution in [1.29, 1.82) is 0 Å². The zero-order valence-corrected chi connectivity index (χ0v) is 16.6. The second-order valence-corrected chi connectivity index (χ2v) is 7.35. The Morgan fingerprint density at radius 3 is 1.53 bits per heavy atom. The van der Waals surface area contributed by atoms with E-state index >= 15 is 0 Å². The van der Waals surface area contributed by atoms with Crippen molar-refractivity contribution in [2.75, 3.05) is 0 Å². The number of carboxylic acids is 2. The molecule has 9 N–H and O–H groups in total. The number of hydrogen-bond donors (Lipinski definition) is 7. The van der Waals surface area contributed by atoms with Gasteiger partial charge in [0.05, 0.1) is 0 Å². The molecule has 0 saturated heterocycles. The van der Waals surface area contributed by atoms with Crippen molar-refractivity contribution in [3.05, 3.63) is 59.7 Å². The highest BCUT2D eigenvalue weighted by molar-refractivity contribution is 7.46. The van der Waals surface area contributed by atoms with Gasteiger partial charge in [0.2, 0.25) is 0 Å². The molecule has 0 saturated carbocycles. The molecule has 0 unspecified atom stereocenters. The number of phosphoric acid groups is 1. The predicted molar refractivity (Wildman–Crippen MR) is 106 cm³/mol. The fraction of sp³-hybridized carbons (Fsp3) is 0.222. The summed E-state index contributed by atoms with van der Waals surface area (Å²) in [6.07, 6.45) is 0.404. The van der Waals surface area contributed by atoms with Crippen molar-refractivity contribution in [2.45, 2.75) is 24.9 Å². The molecule has 2 rings (SSSR count). The molecule has 0 fully saturated rings. The summed E-state index contributed by atoms with van der Waals surface area (Å²) in [7, 11) is -4.56. The number of benzene rings is 2. The molecular weight excluding hydrogens is 419 g/mol. The number of hydrogen-bond acceptors (Lipinski definition) is 7. The number of phenols is 1. The van der Waals surface area contributed by atoms with Crippen LogP contribution in [0.3, 0.4) is 0 Å². The fourth-order valence-corrected chi connectivity index (χ4v) is 2.53. The fourth-order valence-electron chi connectivity index (χ4n) is 2.14. The molecule has 0 aliphatic heterocycles. The Kier molecular flexibility index (Phi) is 9.44. The van der Waals surface area contributed by atoms with Gasteiger partial charge in [0.15, 0.2) is 0 Å². The van der Waals surface area contributed by atoms with Gasteiger partial charge in [-0.25, -0.2) is 4.57 Å². The van der Waals surface area contributed by atoms with Crippen LogP contribution in [0.4, 0.5) is 0 Å². The van der Waals surface area contributed by atoms with Gasteiger partial charge in [-0.15, -0.1) is 0 Å². The lowest BCUT2D eigenvalue weighted by atomic mass is 10.1. The van der Waals surface area contributed by atoms with Crippen LogP contribution in [0.1, 0.15) is 11.1 Å². The summed E-state index contributed by atoms with van der Waals surface area (Å²) in [5, 5.41) is 26.1. The Labute approximate surface area is 171 Å². The highest BCUT2D eigenvalue weighted by Crippen LogP contribution is 2.37. The van der Waals surface area contributed by atoms with Crippen molar-refractivity contribution in [3.8, 4) is 11.5 Å². The average Bonchev–Trinajstić information content (AvgIpc) is 2.64. The first-order valence-corrected chi connectivity index (χ1v) is 9.99. The highest BCUT2D eigenvalue weighted by Gasteiger charge is 2.16. The Hall–Kier alpha value is -2.95. The van der Waals surface area contributed by atoms with Gasteiger partial charge in [-0.05, 0) is 48.2 Å². The van der Waals surface area contributed by atoms with Crippen molar-refractivity contribution in [3.63, 3.8) is 0 Å². The number of nitrogens with two attached hydrogens (primary N) is 2. The standard InChI is InChI=1S/C9H12NO6P.C9H11NO3/c10-8(9(11)12)5-6-1-3-7(4-2-6)16-17(13,14)15;10-8(9(12)13)5-6-1-3-7(11)4-2-6/h1-4,8H,5,10H2,(H,11,12)(H2,13,14,15);1-4,8,11H,5,10H2,(H,12,13)/t2*8-/m00/s1. The van der Waals surface area contributed by atoms with E-state index in [1.54, 1.807) is 12.1 Å². The maximum atomic E-state index is 10.5. The van der Waals surface area contributed by atoms with Crippen LogP contribution in [0.15, 0.2) is 48.5 Å². The third-order valence-corrected chi connectivity index (χ3v) is 4.08. The van der Waals surface area contributed by atoms with Crippen molar-refractivity contribution in [2.24, 2.45) is 11.5 Å². The topological polar surface area (TPSA) is 214 Å². The van der Waals surface area contributed by atoms with E-state index < -0.39 is 31.8 Å². The number of carboxylic acid groups (broad SMARTS) is 2. The molecule has 2 atom stereocenters. The normalized spacial score (nSPS) is 12.8. The van der Waals surface area contributed by atoms with E-state index in [2.05, 4.69) is 4.52 Å². The summed E-state index contributed by atoms with van der Waals surface area (Å²) >= 11 is 0. The molecule has 0 amide bonds. The van der Waals surface area contributed by atoms with Crippen LogP contribution in [0.5, 0.6) is 11.5 Å². The van der Waals surface area contributed by atoms with Crippen molar-refractivity contribution >= 4 is 19.8 Å². The summed E-state index contributed by atoms with van der Waals surface area (Å²) in [6, 6.07) is 10.1. The van der Waals surface area contributed by atoms with E-state index in [1.165, 1.54) is 36.4 Å². The number of phosphoric ester groups is 1. The molecule has 2 aromatic rings. The minimum absolute atomic E-state index is 0.00554. The first kappa shape index (κ1) is 25.1. The van der Waals surface area contributed by atoms with Gasteiger partial charge in [-0.1, -0.05) is 24.3 Å². The largest absolute Gasteiger partial charge is 0.524 e. The molecule has 0 radical (unpaired) electrons. The van der Waals surface area contributed by atoms with Gasteiger partial charge in [-0.2, -0.15) is 0 Å². The van der Waals surface area contributed by atoms with Gasteiger partial charge in [0.1, 0.15) is 23.6 Å². The minimum Gasteiger partial charge on any atom is -0.508 e. The van der Waals surface area contributed by atoms with E-state index in [0.29, 0.717) is 5.56 Å². The van der Waals surface area contributed by atoms with E-state index in [9.17, 15) is 14.2 Å². The molecule has 12 heteroatoms. The van der Waals surface area contributed by atoms with Gasteiger partial charge in [0.25, 0.3) is 0 Å². The first-order valence-electron chi connectivity index (χ1n) is 8.46. The van der Waals surface area contributed by atoms with Crippen molar-refractivity contribution < 1.29 is 43.8 Å². The van der Waals surface area contributed by atoms with Gasteiger partial charge in [-0.3, -0.25) is 19.4 Å². The molecule has 30 heavy (non-hydrogen) atoms. The monoisotopic (exact) mass is 442 g/mol. The number of aromatic hydroxyl groups is 1. The molecule has 0 heterocycles. The second-order valence-electron chi connectivity index (χ2n) is 6.19. The molecule has 0 aromatic heterocycles. The summed E-state index contributed by atoms with van der Waals surface area (Å²) in [5.41, 5.74) is 12.1. The average molecular weight is 442 g/mol. The van der Waals surface area contributed by atoms with E-state index in [0.717, 1.165) is 5.56 Å².